The van der Waals surface area contributed by atoms with E-state index in [1.165, 1.54) is 55.4 Å². The molecule has 0 fully saturated rings. The summed E-state index contributed by atoms with van der Waals surface area (Å²) < 4.78 is 7.08. The van der Waals surface area contributed by atoms with Crippen LogP contribution in [0.4, 0.5) is 45.5 Å². The van der Waals surface area contributed by atoms with Gasteiger partial charge in [0.1, 0.15) is 11.2 Å². The van der Waals surface area contributed by atoms with Crippen LogP contribution in [0.2, 0.25) is 0 Å². The highest BCUT2D eigenvalue weighted by Crippen LogP contribution is 2.53. The Kier molecular flexibility index (Phi) is 11.8. The maximum Gasteiger partial charge on any atom is 0.333 e. The van der Waals surface area contributed by atoms with E-state index in [1.807, 2.05) is 0 Å². The van der Waals surface area contributed by atoms with Gasteiger partial charge >= 0.3 is 6.85 Å². The van der Waals surface area contributed by atoms with Crippen LogP contribution in [0.15, 0.2) is 314 Å². The Bertz CT molecular complexity index is 4690. The molecule has 14 aromatic rings. The van der Waals surface area contributed by atoms with Crippen molar-refractivity contribution >= 4 is 85.2 Å². The van der Waals surface area contributed by atoms with Crippen molar-refractivity contribution in [3.05, 3.63) is 315 Å². The molecule has 1 aromatic heterocycles. The number of furan rings is 1. The van der Waals surface area contributed by atoms with E-state index in [4.69, 9.17) is 4.42 Å². The third-order valence-corrected chi connectivity index (χ3v) is 17.1. The molecule has 84 heavy (non-hydrogen) atoms. The van der Waals surface area contributed by atoms with Crippen molar-refractivity contribution in [1.82, 2.24) is 0 Å². The Morgan fingerprint density at radius 1 is 0.333 bits per heavy atom. The minimum Gasteiger partial charge on any atom is -0.456 e. The Hall–Kier alpha value is -10.9. The first kappa shape index (κ1) is 49.0. The van der Waals surface area contributed by atoms with Crippen molar-refractivity contribution in [1.29, 1.82) is 0 Å². The van der Waals surface area contributed by atoms with Gasteiger partial charge in [0.25, 0.3) is 0 Å². The predicted molar refractivity (Wildman–Crippen MR) is 354 cm³/mol. The second kappa shape index (κ2) is 20.3. The molecule has 3 heterocycles. The Morgan fingerprint density at radius 3 is 1.36 bits per heavy atom. The molecule has 0 atom stereocenters. The van der Waals surface area contributed by atoms with Crippen LogP contribution in [0.1, 0.15) is 5.56 Å². The van der Waals surface area contributed by atoms with E-state index in [0.29, 0.717) is 0 Å². The van der Waals surface area contributed by atoms with E-state index < -0.39 is 0 Å². The van der Waals surface area contributed by atoms with E-state index in [1.54, 1.807) is 0 Å². The molecule has 16 rings (SSSR count). The summed E-state index contributed by atoms with van der Waals surface area (Å²) in [5, 5.41) is 2.21. The summed E-state index contributed by atoms with van der Waals surface area (Å²) in [4.78, 5) is 7.60. The molecule has 0 bridgehead atoms. The molecule has 0 aliphatic carbocycles. The van der Waals surface area contributed by atoms with Crippen molar-refractivity contribution in [2.75, 3.05) is 14.6 Å². The van der Waals surface area contributed by atoms with Gasteiger partial charge in [0.15, 0.2) is 0 Å². The molecule has 0 amide bonds. The van der Waals surface area contributed by atoms with Gasteiger partial charge in [0.2, 0.25) is 0 Å². The van der Waals surface area contributed by atoms with Crippen molar-refractivity contribution in [2.45, 2.75) is 6.92 Å². The van der Waals surface area contributed by atoms with E-state index in [-0.39, 0.29) is 6.85 Å². The molecular weight excluding hydrogens is 1020 g/mol. The maximum absolute atomic E-state index is 7.08. The van der Waals surface area contributed by atoms with Crippen LogP contribution in [-0.4, -0.2) is 6.85 Å². The van der Waals surface area contributed by atoms with Gasteiger partial charge in [-0.05, 0) is 170 Å². The zero-order valence-corrected chi connectivity index (χ0v) is 46.3. The molecule has 394 valence electrons. The lowest BCUT2D eigenvalue weighted by atomic mass is 9.43. The standard InChI is InChI=1S/C79H54BN3O/c1-53-48-62(57-26-13-5-14-27-57)38-45-71(53)82-73-47-44-66(81(64-40-34-59(35-41-64)54-20-7-2-8-21-54)65-42-36-60(37-43-65)55-22-9-3-10-23-55)51-70(73)80-79-74(82)52-76-77(68-32-17-18-33-75(68)84-76)78(79)69-50-63(58-28-15-6-16-29-58)39-46-72(69)83(80)67-31-19-30-61(49-67)56-24-11-4-12-25-56/h2-52H,1H3. The van der Waals surface area contributed by atoms with E-state index >= 15 is 0 Å². The molecule has 0 radical (unpaired) electrons. The van der Waals surface area contributed by atoms with Crippen LogP contribution in [0.25, 0.3) is 88.7 Å². The molecule has 0 saturated carbocycles. The second-order valence-corrected chi connectivity index (χ2v) is 22.0. The van der Waals surface area contributed by atoms with Crippen LogP contribution < -0.4 is 25.5 Å². The summed E-state index contributed by atoms with van der Waals surface area (Å²) in [6.07, 6.45) is 0. The summed E-state index contributed by atoms with van der Waals surface area (Å²) in [6.45, 7) is 1.95. The van der Waals surface area contributed by atoms with Gasteiger partial charge < -0.3 is 19.0 Å². The SMILES string of the molecule is Cc1cc(-c2ccccc2)ccc1N1c2ccc(N(c3ccc(-c4ccccc4)cc3)c3ccc(-c4ccccc4)cc3)cc2B2c3c1cc1oc4ccccc4c1c3-c1cc(-c3ccccc3)ccc1N2c1cccc(-c2ccccc2)c1. The lowest BCUT2D eigenvalue weighted by Crippen LogP contribution is -2.61. The first-order chi connectivity index (χ1) is 41.6. The van der Waals surface area contributed by atoms with E-state index in [2.05, 4.69) is 331 Å². The van der Waals surface area contributed by atoms with Crippen LogP contribution >= 0.6 is 0 Å². The molecule has 0 unspecified atom stereocenters. The van der Waals surface area contributed by atoms with E-state index in [0.717, 1.165) is 95.3 Å². The lowest BCUT2D eigenvalue weighted by Gasteiger charge is -2.46. The fraction of sp³-hybridized carbons (Fsp3) is 0.0127. The van der Waals surface area contributed by atoms with Gasteiger partial charge in [-0.25, -0.2) is 0 Å². The minimum atomic E-state index is -0.313. The van der Waals surface area contributed by atoms with Crippen molar-refractivity contribution < 1.29 is 4.42 Å². The van der Waals surface area contributed by atoms with Gasteiger partial charge in [-0.3, -0.25) is 0 Å². The number of para-hydroxylation sites is 1. The number of hydrogen-bond donors (Lipinski definition) is 0. The van der Waals surface area contributed by atoms with Gasteiger partial charge in [-0.1, -0.05) is 218 Å². The molecule has 5 heteroatoms. The first-order valence-corrected chi connectivity index (χ1v) is 28.9. The smallest absolute Gasteiger partial charge is 0.333 e. The molecule has 4 nitrogen and oxygen atoms in total. The average molecular weight is 1070 g/mol. The number of rotatable bonds is 10. The fourth-order valence-electron chi connectivity index (χ4n) is 13.2. The summed E-state index contributed by atoms with van der Waals surface area (Å²) >= 11 is 0. The monoisotopic (exact) mass is 1070 g/mol. The van der Waals surface area contributed by atoms with Crippen LogP contribution in [0.5, 0.6) is 0 Å². The number of aryl methyl sites for hydroxylation is 1. The number of nitrogens with zero attached hydrogens (tertiary/aromatic N) is 3. The molecular formula is C79H54BN3O. The third kappa shape index (κ3) is 8.31. The lowest BCUT2D eigenvalue weighted by molar-refractivity contribution is 0.669. The number of benzene rings is 13. The van der Waals surface area contributed by atoms with Gasteiger partial charge in [0.05, 0.1) is 0 Å². The Balaban J connectivity index is 0.996. The molecule has 0 saturated heterocycles. The topological polar surface area (TPSA) is 22.9 Å². The number of anilines is 8. The molecule has 0 spiro atoms. The average Bonchev–Trinajstić information content (AvgIpc) is 1.11. The molecule has 2 aliphatic rings. The maximum atomic E-state index is 7.08. The fourth-order valence-corrected chi connectivity index (χ4v) is 13.2. The Labute approximate surface area is 490 Å². The molecule has 13 aromatic carbocycles. The van der Waals surface area contributed by atoms with Crippen molar-refractivity contribution in [3.8, 4) is 66.8 Å². The first-order valence-electron chi connectivity index (χ1n) is 28.9. The van der Waals surface area contributed by atoms with Gasteiger partial charge in [-0.2, -0.15) is 0 Å². The van der Waals surface area contributed by atoms with Crippen LogP contribution in [0, 0.1) is 6.92 Å². The number of fused-ring (bicyclic) bond motifs is 8. The van der Waals surface area contributed by atoms with E-state index in [9.17, 15) is 0 Å². The second-order valence-electron chi connectivity index (χ2n) is 22.0. The van der Waals surface area contributed by atoms with Crippen molar-refractivity contribution in [2.24, 2.45) is 0 Å². The third-order valence-electron chi connectivity index (χ3n) is 17.1. The zero-order chi connectivity index (χ0) is 55.7. The summed E-state index contributed by atoms with van der Waals surface area (Å²) in [5.41, 5.74) is 28.0. The van der Waals surface area contributed by atoms with Crippen LogP contribution in [-0.2, 0) is 0 Å². The van der Waals surface area contributed by atoms with Crippen molar-refractivity contribution in [3.63, 3.8) is 0 Å². The zero-order valence-electron chi connectivity index (χ0n) is 46.3. The van der Waals surface area contributed by atoms with Crippen LogP contribution in [0.3, 0.4) is 0 Å². The summed E-state index contributed by atoms with van der Waals surface area (Å²) in [7, 11) is 0. The highest BCUT2D eigenvalue weighted by molar-refractivity contribution is 6.94. The largest absolute Gasteiger partial charge is 0.456 e. The molecule has 2 aliphatic heterocycles. The summed E-state index contributed by atoms with van der Waals surface area (Å²) in [5.74, 6) is 0. The quantitative estimate of drug-likeness (QED) is 0.127. The summed E-state index contributed by atoms with van der Waals surface area (Å²) in [6, 6.07) is 113. The minimum absolute atomic E-state index is 0.313. The molecule has 0 N–H and O–H groups in total. The number of hydrogen-bond acceptors (Lipinski definition) is 4. The van der Waals surface area contributed by atoms with Gasteiger partial charge in [-0.15, -0.1) is 0 Å². The highest BCUT2D eigenvalue weighted by atomic mass is 16.3. The Morgan fingerprint density at radius 2 is 0.786 bits per heavy atom. The van der Waals surface area contributed by atoms with Gasteiger partial charge in [0, 0.05) is 67.9 Å². The highest BCUT2D eigenvalue weighted by Gasteiger charge is 2.47. The predicted octanol–water partition coefficient (Wildman–Crippen LogP) is 20.4. The normalized spacial score (nSPS) is 12.3.